The molecule has 0 aliphatic heterocycles. The van der Waals surface area contributed by atoms with Crippen molar-refractivity contribution in [2.24, 2.45) is 0 Å². The van der Waals surface area contributed by atoms with Gasteiger partial charge < -0.3 is 0 Å². The summed E-state index contributed by atoms with van der Waals surface area (Å²) < 4.78 is 0. The number of hydrogen-bond acceptors (Lipinski definition) is 3. The Morgan fingerprint density at radius 2 is 0.358 bits per heavy atom. The minimum atomic E-state index is -0.518. The maximum atomic E-state index is 5.61. The van der Waals surface area contributed by atoms with Gasteiger partial charge in [0.2, 0.25) is 0 Å². The van der Waals surface area contributed by atoms with Gasteiger partial charge >= 0.3 is 0 Å². The van der Waals surface area contributed by atoms with Crippen LogP contribution in [0.4, 0.5) is 0 Å². The highest BCUT2D eigenvalue weighted by Gasteiger charge is 2.54. The van der Waals surface area contributed by atoms with Gasteiger partial charge in [-0.2, -0.15) is 0 Å². The third kappa shape index (κ3) is 5.20. The predicted molar refractivity (Wildman–Crippen MR) is 325 cm³/mol. The molecule has 0 radical (unpaired) electrons. The van der Waals surface area contributed by atoms with Crippen LogP contribution in [0.3, 0.4) is 0 Å². The quantitative estimate of drug-likeness (QED) is 0.177. The average molecular weight is 1020 g/mol. The minimum Gasteiger partial charge on any atom is -0.208 e. The fourth-order valence-electron chi connectivity index (χ4n) is 16.5. The maximum absolute atomic E-state index is 5.61. The van der Waals surface area contributed by atoms with Gasteiger partial charge in [-0.25, -0.2) is 15.0 Å². The Labute approximate surface area is 469 Å². The molecule has 3 nitrogen and oxygen atoms in total. The van der Waals surface area contributed by atoms with Crippen LogP contribution < -0.4 is 0 Å². The summed E-state index contributed by atoms with van der Waals surface area (Å²) in [5.74, 6) is 1.90. The van der Waals surface area contributed by atoms with E-state index in [1.807, 2.05) is 0 Å². The van der Waals surface area contributed by atoms with Crippen LogP contribution in [-0.4, -0.2) is 15.0 Å². The van der Waals surface area contributed by atoms with Crippen LogP contribution in [0, 0.1) is 0 Å². The Balaban J connectivity index is 0.848. The molecule has 0 fully saturated rings. The minimum absolute atomic E-state index is 0.457. The van der Waals surface area contributed by atoms with Crippen molar-refractivity contribution in [2.75, 3.05) is 0 Å². The Morgan fingerprint density at radius 3 is 0.642 bits per heavy atom. The van der Waals surface area contributed by atoms with Gasteiger partial charge in [0, 0.05) is 16.7 Å². The largest absolute Gasteiger partial charge is 0.208 e. The Bertz CT molecular complexity index is 4610. The molecule has 372 valence electrons. The molecular formula is C78H45N3. The van der Waals surface area contributed by atoms with E-state index >= 15 is 0 Å². The van der Waals surface area contributed by atoms with Gasteiger partial charge in [0.25, 0.3) is 0 Å². The molecule has 0 bridgehead atoms. The Hall–Kier alpha value is -10.4. The molecule has 3 heteroatoms. The first-order valence-corrected chi connectivity index (χ1v) is 28.3. The lowest BCUT2D eigenvalue weighted by Crippen LogP contribution is -2.25. The van der Waals surface area contributed by atoms with Crippen molar-refractivity contribution in [3.63, 3.8) is 0 Å². The van der Waals surface area contributed by atoms with Crippen LogP contribution in [0.2, 0.25) is 0 Å². The first kappa shape index (κ1) is 43.6. The summed E-state index contributed by atoms with van der Waals surface area (Å²) in [5, 5.41) is 0. The summed E-state index contributed by atoms with van der Waals surface area (Å²) in [5.41, 5.74) is 32.1. The first-order valence-electron chi connectivity index (χ1n) is 28.3. The summed E-state index contributed by atoms with van der Waals surface area (Å²) in [4.78, 5) is 16.8. The van der Waals surface area contributed by atoms with Crippen LogP contribution in [0.25, 0.3) is 101 Å². The number of benzene rings is 12. The molecule has 1 heterocycles. The Kier molecular flexibility index (Phi) is 8.33. The molecule has 0 saturated carbocycles. The fourth-order valence-corrected chi connectivity index (χ4v) is 16.5. The predicted octanol–water partition coefficient (Wildman–Crippen LogP) is 17.9. The lowest BCUT2D eigenvalue weighted by molar-refractivity contribution is 0.793. The molecule has 1 aromatic heterocycles. The van der Waals surface area contributed by atoms with E-state index in [9.17, 15) is 0 Å². The SMILES string of the molecule is c1ccc2c(c1)-c1ccccc1C21c2ccccc2-c2cc(-c3nc(-c4ccc5c(c4)-c4ccccc4C54c5ccccc5-c5ccccc54)nc(-c4ccc5c(c4)C4(c6ccccc6-c6ccccc64)c4ccccc4-5)n3)ccc21. The zero-order chi connectivity index (χ0) is 52.8. The molecule has 0 N–H and O–H groups in total. The van der Waals surface area contributed by atoms with Crippen molar-refractivity contribution in [3.05, 3.63) is 340 Å². The van der Waals surface area contributed by atoms with E-state index in [0.717, 1.165) is 16.7 Å². The second-order valence-corrected chi connectivity index (χ2v) is 22.7. The third-order valence-electron chi connectivity index (χ3n) is 19.4. The van der Waals surface area contributed by atoms with Crippen molar-refractivity contribution in [1.29, 1.82) is 0 Å². The smallest absolute Gasteiger partial charge is 0.164 e. The van der Waals surface area contributed by atoms with E-state index < -0.39 is 16.2 Å². The molecular weight excluding hydrogens is 979 g/mol. The lowest BCUT2D eigenvalue weighted by Gasteiger charge is -2.30. The number of aromatic nitrogens is 3. The maximum Gasteiger partial charge on any atom is 0.164 e. The van der Waals surface area contributed by atoms with E-state index in [2.05, 4.69) is 273 Å². The number of fused-ring (bicyclic) bond motifs is 30. The molecule has 12 aromatic carbocycles. The van der Waals surface area contributed by atoms with Gasteiger partial charge in [-0.3, -0.25) is 0 Å². The van der Waals surface area contributed by atoms with Crippen molar-refractivity contribution >= 4 is 0 Å². The lowest BCUT2D eigenvalue weighted by atomic mass is 9.70. The van der Waals surface area contributed by atoms with Crippen molar-refractivity contribution < 1.29 is 0 Å². The topological polar surface area (TPSA) is 38.7 Å². The van der Waals surface area contributed by atoms with Crippen LogP contribution >= 0.6 is 0 Å². The Morgan fingerprint density at radius 1 is 0.160 bits per heavy atom. The van der Waals surface area contributed by atoms with E-state index in [1.54, 1.807) is 0 Å². The molecule has 0 atom stereocenters. The number of rotatable bonds is 3. The molecule has 6 aliphatic carbocycles. The summed E-state index contributed by atoms with van der Waals surface area (Å²) in [6, 6.07) is 102. The molecule has 6 aliphatic rings. The highest BCUT2D eigenvalue weighted by Crippen LogP contribution is 2.66. The first-order chi connectivity index (χ1) is 40.2. The molecule has 19 rings (SSSR count). The van der Waals surface area contributed by atoms with Crippen LogP contribution in [0.15, 0.2) is 273 Å². The number of hydrogen-bond donors (Lipinski definition) is 0. The van der Waals surface area contributed by atoms with Gasteiger partial charge in [0.05, 0.1) is 16.2 Å². The standard InChI is InChI=1S/C78H45N3/c1-10-28-61-49(19-1)50-20-2-11-29-62(50)76(61)68-35-17-8-26-56(68)59-43-46(38-41-70(59)76)73-79-74(47-39-42-71-60(44-47)57-27-9-18-36-69(57)77(71)63-30-12-3-21-51(63)52-22-4-13-31-64(52)77)81-75(80-73)48-37-40-58-55-25-7-16-34-67(55)78(72(58)45-48)65-32-14-5-23-53(65)54-24-6-15-33-66(54)78/h1-45H. The zero-order valence-corrected chi connectivity index (χ0v) is 43.8. The second-order valence-electron chi connectivity index (χ2n) is 22.7. The van der Waals surface area contributed by atoms with E-state index in [-0.39, 0.29) is 0 Å². The van der Waals surface area contributed by atoms with Crippen molar-refractivity contribution in [1.82, 2.24) is 15.0 Å². The molecule has 81 heavy (non-hydrogen) atoms. The summed E-state index contributed by atoms with van der Waals surface area (Å²) in [7, 11) is 0. The van der Waals surface area contributed by atoms with Gasteiger partial charge in [-0.15, -0.1) is 0 Å². The monoisotopic (exact) mass is 1020 g/mol. The van der Waals surface area contributed by atoms with E-state index in [4.69, 9.17) is 15.0 Å². The normalized spacial score (nSPS) is 15.0. The summed E-state index contributed by atoms with van der Waals surface area (Å²) in [6.45, 7) is 0. The highest BCUT2D eigenvalue weighted by atomic mass is 15.0. The van der Waals surface area contributed by atoms with Crippen molar-refractivity contribution in [2.45, 2.75) is 16.2 Å². The van der Waals surface area contributed by atoms with Gasteiger partial charge in [0.1, 0.15) is 0 Å². The van der Waals surface area contributed by atoms with Crippen LogP contribution in [0.5, 0.6) is 0 Å². The average Bonchev–Trinajstić information content (AvgIpc) is 4.28. The van der Waals surface area contributed by atoms with Gasteiger partial charge in [0.15, 0.2) is 17.5 Å². The van der Waals surface area contributed by atoms with Gasteiger partial charge in [-0.05, 0) is 152 Å². The van der Waals surface area contributed by atoms with Crippen LogP contribution in [0.1, 0.15) is 66.8 Å². The third-order valence-corrected chi connectivity index (χ3v) is 19.4. The molecule has 13 aromatic rings. The second kappa shape index (κ2) is 15.5. The zero-order valence-electron chi connectivity index (χ0n) is 43.8. The van der Waals surface area contributed by atoms with Gasteiger partial charge in [-0.1, -0.05) is 255 Å². The fraction of sp³-hybridized carbons (Fsp3) is 0.0385. The number of nitrogens with zero attached hydrogens (tertiary/aromatic N) is 3. The molecule has 0 unspecified atom stereocenters. The van der Waals surface area contributed by atoms with E-state index in [1.165, 1.54) is 134 Å². The summed E-state index contributed by atoms with van der Waals surface area (Å²) in [6.07, 6.45) is 0. The van der Waals surface area contributed by atoms with E-state index in [0.29, 0.717) is 17.5 Å². The molecule has 0 saturated heterocycles. The molecule has 0 amide bonds. The summed E-state index contributed by atoms with van der Waals surface area (Å²) >= 11 is 0. The molecule has 3 spiro atoms. The van der Waals surface area contributed by atoms with Crippen LogP contribution in [-0.2, 0) is 16.2 Å². The highest BCUT2D eigenvalue weighted by molar-refractivity contribution is 5.99. The van der Waals surface area contributed by atoms with Crippen molar-refractivity contribution in [3.8, 4) is 101 Å².